The maximum absolute atomic E-state index is 14.2. The SMILES string of the molecule is C=C/C(=C\C=C/C)C[C@H](NC(=O)[C@H](CC(C)C)NC(=O)[C@H](CCc1ccccc1)NC(=O)Cc1cc(C(=O)OCC)on1)C(=O)N[C@@H](CC(C)C)C(=O)C1(C)CO1. The molecule has 1 fully saturated rings. The molecule has 2 heterocycles. The van der Waals surface area contributed by atoms with Gasteiger partial charge in [0, 0.05) is 12.5 Å². The molecule has 2 aromatic rings. The van der Waals surface area contributed by atoms with E-state index in [9.17, 15) is 28.8 Å². The third-order valence-electron chi connectivity index (χ3n) is 9.21. The monoisotopic (exact) mass is 789 g/mol. The number of carbonyl (C=O) groups excluding carboxylic acids is 6. The Morgan fingerprint density at radius 1 is 0.895 bits per heavy atom. The van der Waals surface area contributed by atoms with Crippen LogP contribution in [0.5, 0.6) is 0 Å². The molecular formula is C43H59N5O9. The first kappa shape index (κ1) is 46.0. The van der Waals surface area contributed by atoms with Gasteiger partial charge in [-0.05, 0) is 69.4 Å². The van der Waals surface area contributed by atoms with E-state index in [1.807, 2.05) is 71.0 Å². The number of aryl methyl sites for hydroxylation is 1. The summed E-state index contributed by atoms with van der Waals surface area (Å²) < 4.78 is 15.4. The van der Waals surface area contributed by atoms with Crippen molar-refractivity contribution in [1.82, 2.24) is 26.4 Å². The summed E-state index contributed by atoms with van der Waals surface area (Å²) in [7, 11) is 0. The number of Topliss-reactive ketones (excluding diaryl/α,β-unsaturated/α-hetero) is 1. The van der Waals surface area contributed by atoms with Gasteiger partial charge in [0.15, 0.2) is 5.78 Å². The number of benzene rings is 1. The van der Waals surface area contributed by atoms with E-state index < -0.39 is 59.4 Å². The summed E-state index contributed by atoms with van der Waals surface area (Å²) in [4.78, 5) is 80.9. The van der Waals surface area contributed by atoms with Crippen LogP contribution in [0.3, 0.4) is 0 Å². The van der Waals surface area contributed by atoms with E-state index >= 15 is 0 Å². The minimum absolute atomic E-state index is 0.0554. The van der Waals surface area contributed by atoms with Crippen LogP contribution in [0.1, 0.15) is 96.0 Å². The summed E-state index contributed by atoms with van der Waals surface area (Å²) in [6.07, 6.45) is 7.96. The molecular weight excluding hydrogens is 730 g/mol. The predicted octanol–water partition coefficient (Wildman–Crippen LogP) is 4.49. The van der Waals surface area contributed by atoms with Crippen LogP contribution in [0, 0.1) is 11.8 Å². The third kappa shape index (κ3) is 15.2. The van der Waals surface area contributed by atoms with Gasteiger partial charge in [0.1, 0.15) is 23.7 Å². The van der Waals surface area contributed by atoms with Gasteiger partial charge in [0.2, 0.25) is 29.4 Å². The molecule has 1 unspecified atom stereocenters. The molecule has 1 aromatic carbocycles. The Hall–Kier alpha value is -5.37. The molecule has 14 nitrogen and oxygen atoms in total. The van der Waals surface area contributed by atoms with Crippen LogP contribution in [0.25, 0.3) is 0 Å². The standard InChI is InChI=1S/C43H59N5O9/c1-9-12-16-29(10-2)23-35(41(53)45-33(21-27(4)5)38(50)43(8)26-56-43)47-40(52)34(22-28(6)7)46-39(51)32(20-19-30-17-14-13-15-18-30)44-37(49)25-31-24-36(57-48-31)42(54)55-11-3/h9-10,12-18,24,27-28,32-35H,2,11,19-23,25-26H2,1,3-8H3,(H,44,49)(H,45,53)(H,46,51)(H,47,52)/b12-9-,29-16+/t32-,33-,34-,35-,43?/m0/s1. The number of ether oxygens (including phenoxy) is 2. The normalized spacial score (nSPS) is 17.3. The zero-order chi connectivity index (χ0) is 42.1. The first-order chi connectivity index (χ1) is 27.1. The van der Waals surface area contributed by atoms with Crippen LogP contribution < -0.4 is 21.3 Å². The van der Waals surface area contributed by atoms with Gasteiger partial charge in [-0.15, -0.1) is 0 Å². The lowest BCUT2D eigenvalue weighted by Gasteiger charge is -2.28. The van der Waals surface area contributed by atoms with Gasteiger partial charge in [-0.2, -0.15) is 0 Å². The quantitative estimate of drug-likeness (QED) is 0.0668. The Labute approximate surface area is 335 Å². The highest BCUT2D eigenvalue weighted by molar-refractivity contribution is 5.99. The summed E-state index contributed by atoms with van der Waals surface area (Å²) in [5, 5.41) is 15.1. The van der Waals surface area contributed by atoms with Crippen LogP contribution in [0.15, 0.2) is 77.4 Å². The summed E-state index contributed by atoms with van der Waals surface area (Å²) in [5.74, 6) is -3.43. The summed E-state index contributed by atoms with van der Waals surface area (Å²) in [6.45, 7) is 17.1. The summed E-state index contributed by atoms with van der Waals surface area (Å²) in [5.41, 5.74) is 0.791. The number of ketones is 1. The Kier molecular flexibility index (Phi) is 18.1. The van der Waals surface area contributed by atoms with Crippen molar-refractivity contribution in [1.29, 1.82) is 0 Å². The van der Waals surface area contributed by atoms with Crippen LogP contribution in [0.2, 0.25) is 0 Å². The number of aromatic nitrogens is 1. The van der Waals surface area contributed by atoms with Crippen LogP contribution in [-0.4, -0.2) is 83.5 Å². The largest absolute Gasteiger partial charge is 0.460 e. The average Bonchev–Trinajstić information content (AvgIpc) is 3.75. The maximum atomic E-state index is 14.2. The molecule has 0 saturated carbocycles. The Balaban J connectivity index is 1.86. The number of hydrogen-bond donors (Lipinski definition) is 4. The van der Waals surface area contributed by atoms with Crippen LogP contribution in [0.4, 0.5) is 0 Å². The molecule has 4 N–H and O–H groups in total. The second-order valence-electron chi connectivity index (χ2n) is 15.2. The first-order valence-corrected chi connectivity index (χ1v) is 19.6. The zero-order valence-electron chi connectivity index (χ0n) is 34.2. The highest BCUT2D eigenvalue weighted by Gasteiger charge is 2.50. The molecule has 0 aliphatic carbocycles. The highest BCUT2D eigenvalue weighted by Crippen LogP contribution is 2.30. The lowest BCUT2D eigenvalue weighted by Crippen LogP contribution is -2.58. The maximum Gasteiger partial charge on any atom is 0.377 e. The Morgan fingerprint density at radius 2 is 1.49 bits per heavy atom. The molecule has 5 atom stereocenters. The van der Waals surface area contributed by atoms with Crippen LogP contribution >= 0.6 is 0 Å². The second-order valence-corrected chi connectivity index (χ2v) is 15.2. The zero-order valence-corrected chi connectivity index (χ0v) is 34.2. The van der Waals surface area contributed by atoms with Gasteiger partial charge >= 0.3 is 5.97 Å². The predicted molar refractivity (Wildman–Crippen MR) is 215 cm³/mol. The average molecular weight is 790 g/mol. The van der Waals surface area contributed by atoms with Crippen molar-refractivity contribution in [2.24, 2.45) is 11.8 Å². The van der Waals surface area contributed by atoms with Crippen molar-refractivity contribution >= 4 is 35.4 Å². The number of epoxide rings is 1. The Morgan fingerprint density at radius 3 is 2.09 bits per heavy atom. The molecule has 57 heavy (non-hydrogen) atoms. The van der Waals surface area contributed by atoms with Gasteiger partial charge in [-0.25, -0.2) is 4.79 Å². The van der Waals surface area contributed by atoms with Crippen molar-refractivity contribution in [2.45, 2.75) is 117 Å². The van der Waals surface area contributed by atoms with Gasteiger partial charge in [0.25, 0.3) is 0 Å². The third-order valence-corrected chi connectivity index (χ3v) is 9.21. The fourth-order valence-corrected chi connectivity index (χ4v) is 6.05. The van der Waals surface area contributed by atoms with E-state index in [0.29, 0.717) is 18.4 Å². The number of nitrogens with one attached hydrogen (secondary N) is 4. The second kappa shape index (κ2) is 22.4. The number of carbonyl (C=O) groups is 6. The molecule has 14 heteroatoms. The number of allylic oxidation sites excluding steroid dienone is 4. The van der Waals surface area contributed by atoms with Crippen LogP contribution in [-0.2, 0) is 46.3 Å². The fourth-order valence-electron chi connectivity index (χ4n) is 6.05. The molecule has 1 aliphatic heterocycles. The van der Waals surface area contributed by atoms with Crippen molar-refractivity contribution < 1.29 is 42.8 Å². The molecule has 0 radical (unpaired) electrons. The van der Waals surface area contributed by atoms with Gasteiger partial charge in [-0.1, -0.05) is 94.1 Å². The number of nitrogens with zero attached hydrogens (tertiary/aromatic N) is 1. The highest BCUT2D eigenvalue weighted by atomic mass is 16.6. The van der Waals surface area contributed by atoms with Crippen molar-refractivity contribution in [3.8, 4) is 0 Å². The summed E-state index contributed by atoms with van der Waals surface area (Å²) >= 11 is 0. The lowest BCUT2D eigenvalue weighted by atomic mass is 9.93. The van der Waals surface area contributed by atoms with E-state index in [1.54, 1.807) is 32.1 Å². The van der Waals surface area contributed by atoms with Crippen molar-refractivity contribution in [2.75, 3.05) is 13.2 Å². The Bertz CT molecular complexity index is 1760. The smallest absolute Gasteiger partial charge is 0.377 e. The van der Waals surface area contributed by atoms with E-state index in [-0.39, 0.29) is 68.0 Å². The van der Waals surface area contributed by atoms with E-state index in [2.05, 4.69) is 33.0 Å². The van der Waals surface area contributed by atoms with Gasteiger partial charge in [-0.3, -0.25) is 24.0 Å². The number of hydrogen-bond acceptors (Lipinski definition) is 10. The molecule has 1 aliphatic rings. The minimum Gasteiger partial charge on any atom is -0.460 e. The van der Waals surface area contributed by atoms with Crippen molar-refractivity contribution in [3.05, 3.63) is 89.9 Å². The van der Waals surface area contributed by atoms with E-state index in [0.717, 1.165) is 5.56 Å². The van der Waals surface area contributed by atoms with Gasteiger partial charge < -0.3 is 35.3 Å². The topological polar surface area (TPSA) is 198 Å². The van der Waals surface area contributed by atoms with Crippen molar-refractivity contribution in [3.63, 3.8) is 0 Å². The molecule has 3 rings (SSSR count). The number of rotatable bonds is 24. The molecule has 310 valence electrons. The van der Waals surface area contributed by atoms with Gasteiger partial charge in [0.05, 0.1) is 31.4 Å². The number of esters is 1. The summed E-state index contributed by atoms with van der Waals surface area (Å²) in [6, 6.07) is 6.59. The molecule has 0 bridgehead atoms. The lowest BCUT2D eigenvalue weighted by molar-refractivity contribution is -0.135. The molecule has 4 amide bonds. The minimum atomic E-state index is -1.13. The van der Waals surface area contributed by atoms with E-state index in [1.165, 1.54) is 6.07 Å². The fraction of sp³-hybridized carbons (Fsp3) is 0.512. The molecule has 1 saturated heterocycles. The number of amides is 4. The first-order valence-electron chi connectivity index (χ1n) is 19.6. The van der Waals surface area contributed by atoms with E-state index in [4.69, 9.17) is 14.0 Å². The molecule has 1 aromatic heterocycles. The molecule has 0 spiro atoms.